The van der Waals surface area contributed by atoms with Gasteiger partial charge >= 0.3 is 6.18 Å². The highest BCUT2D eigenvalue weighted by molar-refractivity contribution is 6.32. The summed E-state index contributed by atoms with van der Waals surface area (Å²) in [6, 6.07) is 9.40. The first-order valence-corrected chi connectivity index (χ1v) is 8.78. The van der Waals surface area contributed by atoms with Crippen LogP contribution in [-0.4, -0.2) is 18.0 Å². The van der Waals surface area contributed by atoms with E-state index in [9.17, 15) is 22.8 Å². The Morgan fingerprint density at radius 2 is 1.80 bits per heavy atom. The minimum atomic E-state index is -4.67. The largest absolute Gasteiger partial charge is 0.497 e. The number of pyridine rings is 1. The molecule has 0 radical (unpaired) electrons. The zero-order valence-corrected chi connectivity index (χ0v) is 16.1. The standard InChI is InChI=1S/C20H14ClF3N2O4/c1-29-13-3-5-17(15(21)10-13)30-16-4-2-11(20(22,23)24)8-14(16)19(28)26-12-6-7-25-18(27)9-12/h2-10H,1H3,(H2,25,26,27,28). The maximum absolute atomic E-state index is 13.2. The molecule has 3 rings (SSSR count). The molecule has 30 heavy (non-hydrogen) atoms. The summed E-state index contributed by atoms with van der Waals surface area (Å²) in [6.07, 6.45) is -3.38. The fraction of sp³-hybridized carbons (Fsp3) is 0.100. The third-order valence-corrected chi connectivity index (χ3v) is 4.24. The Balaban J connectivity index is 2.00. The van der Waals surface area contributed by atoms with Gasteiger partial charge in [-0.25, -0.2) is 0 Å². The van der Waals surface area contributed by atoms with Crippen molar-refractivity contribution in [2.75, 3.05) is 12.4 Å². The Hall–Kier alpha value is -3.46. The number of carbonyl (C=O) groups is 1. The molecule has 2 N–H and O–H groups in total. The lowest BCUT2D eigenvalue weighted by Crippen LogP contribution is -2.16. The van der Waals surface area contributed by atoms with Gasteiger partial charge < -0.3 is 19.8 Å². The molecule has 3 aromatic rings. The van der Waals surface area contributed by atoms with E-state index in [1.807, 2.05) is 0 Å². The van der Waals surface area contributed by atoms with Crippen LogP contribution in [0.2, 0.25) is 5.02 Å². The van der Waals surface area contributed by atoms with Gasteiger partial charge in [0, 0.05) is 24.0 Å². The molecule has 0 aliphatic carbocycles. The molecule has 0 saturated heterocycles. The normalized spacial score (nSPS) is 11.1. The Bertz CT molecular complexity index is 1150. The summed E-state index contributed by atoms with van der Waals surface area (Å²) < 4.78 is 50.1. The van der Waals surface area contributed by atoms with Gasteiger partial charge in [-0.2, -0.15) is 13.2 Å². The molecule has 0 unspecified atom stereocenters. The molecular formula is C20H14ClF3N2O4. The summed E-state index contributed by atoms with van der Waals surface area (Å²) in [4.78, 5) is 26.4. The number of aromatic nitrogens is 1. The van der Waals surface area contributed by atoms with Gasteiger partial charge in [-0.15, -0.1) is 0 Å². The summed E-state index contributed by atoms with van der Waals surface area (Å²) in [7, 11) is 1.44. The number of rotatable bonds is 5. The van der Waals surface area contributed by atoms with Gasteiger partial charge in [0.05, 0.1) is 23.3 Å². The number of hydrogen-bond acceptors (Lipinski definition) is 4. The predicted molar refractivity (Wildman–Crippen MR) is 105 cm³/mol. The van der Waals surface area contributed by atoms with Crippen LogP contribution >= 0.6 is 11.6 Å². The number of alkyl halides is 3. The van der Waals surface area contributed by atoms with Gasteiger partial charge in [-0.3, -0.25) is 9.59 Å². The van der Waals surface area contributed by atoms with E-state index in [-0.39, 0.29) is 22.2 Å². The van der Waals surface area contributed by atoms with Crippen molar-refractivity contribution in [3.05, 3.63) is 81.2 Å². The molecule has 0 fully saturated rings. The maximum Gasteiger partial charge on any atom is 0.416 e. The number of benzene rings is 2. The number of carbonyl (C=O) groups excluding carboxylic acids is 1. The highest BCUT2D eigenvalue weighted by atomic mass is 35.5. The van der Waals surface area contributed by atoms with Crippen LogP contribution in [0.5, 0.6) is 17.2 Å². The van der Waals surface area contributed by atoms with Crippen LogP contribution in [0.1, 0.15) is 15.9 Å². The van der Waals surface area contributed by atoms with E-state index in [1.165, 1.54) is 31.5 Å². The van der Waals surface area contributed by atoms with E-state index >= 15 is 0 Å². The zero-order valence-electron chi connectivity index (χ0n) is 15.3. The summed E-state index contributed by atoms with van der Waals surface area (Å²) in [6.45, 7) is 0. The van der Waals surface area contributed by atoms with E-state index in [1.54, 1.807) is 6.07 Å². The van der Waals surface area contributed by atoms with Gasteiger partial charge in [-0.05, 0) is 36.4 Å². The number of anilines is 1. The molecule has 1 aromatic heterocycles. The molecule has 1 heterocycles. The second kappa shape index (κ2) is 8.50. The Labute approximate surface area is 173 Å². The zero-order chi connectivity index (χ0) is 21.9. The molecule has 1 amide bonds. The van der Waals surface area contributed by atoms with Gasteiger partial charge in [0.15, 0.2) is 0 Å². The number of H-pyrrole nitrogens is 1. The first kappa shape index (κ1) is 21.3. The van der Waals surface area contributed by atoms with Crippen LogP contribution in [0.25, 0.3) is 0 Å². The van der Waals surface area contributed by atoms with Crippen molar-refractivity contribution in [3.63, 3.8) is 0 Å². The van der Waals surface area contributed by atoms with Crippen LogP contribution in [0.15, 0.2) is 59.5 Å². The van der Waals surface area contributed by atoms with Crippen LogP contribution < -0.4 is 20.3 Å². The second-order valence-electron chi connectivity index (χ2n) is 6.00. The van der Waals surface area contributed by atoms with Crippen molar-refractivity contribution in [2.45, 2.75) is 6.18 Å². The average Bonchev–Trinajstić information content (AvgIpc) is 2.68. The van der Waals surface area contributed by atoms with E-state index in [0.29, 0.717) is 11.8 Å². The minimum absolute atomic E-state index is 0.106. The SMILES string of the molecule is COc1ccc(Oc2ccc(C(F)(F)F)cc2C(=O)Nc2cc[nH]c(=O)c2)c(Cl)c1. The Morgan fingerprint density at radius 3 is 2.43 bits per heavy atom. The first-order chi connectivity index (χ1) is 14.2. The number of methoxy groups -OCH3 is 1. The Kier molecular flexibility index (Phi) is 6.02. The molecule has 0 bridgehead atoms. The maximum atomic E-state index is 13.2. The molecule has 0 atom stereocenters. The third-order valence-electron chi connectivity index (χ3n) is 3.94. The number of ether oxygens (including phenoxy) is 2. The van der Waals surface area contributed by atoms with Crippen molar-refractivity contribution < 1.29 is 27.4 Å². The predicted octanol–water partition coefficient (Wildman–Crippen LogP) is 5.10. The van der Waals surface area contributed by atoms with E-state index < -0.39 is 28.8 Å². The second-order valence-corrected chi connectivity index (χ2v) is 6.41. The third kappa shape index (κ3) is 4.93. The van der Waals surface area contributed by atoms with Crippen LogP contribution in [0.4, 0.5) is 18.9 Å². The van der Waals surface area contributed by atoms with Gasteiger partial charge in [0.1, 0.15) is 17.2 Å². The first-order valence-electron chi connectivity index (χ1n) is 8.40. The molecule has 156 valence electrons. The van der Waals surface area contributed by atoms with Crippen LogP contribution in [-0.2, 0) is 6.18 Å². The number of hydrogen-bond donors (Lipinski definition) is 2. The number of nitrogens with one attached hydrogen (secondary N) is 2. The summed E-state index contributed by atoms with van der Waals surface area (Å²) >= 11 is 6.12. The van der Waals surface area contributed by atoms with E-state index in [0.717, 1.165) is 18.2 Å². The van der Waals surface area contributed by atoms with Gasteiger partial charge in [0.2, 0.25) is 5.56 Å². The molecular weight excluding hydrogens is 425 g/mol. The van der Waals surface area contributed by atoms with E-state index in [2.05, 4.69) is 10.3 Å². The summed E-state index contributed by atoms with van der Waals surface area (Å²) in [5, 5.41) is 2.51. The highest BCUT2D eigenvalue weighted by Crippen LogP contribution is 2.37. The van der Waals surface area contributed by atoms with Gasteiger partial charge in [0.25, 0.3) is 5.91 Å². The Morgan fingerprint density at radius 1 is 1.07 bits per heavy atom. The molecule has 0 saturated carbocycles. The van der Waals surface area contributed by atoms with Crippen LogP contribution in [0, 0.1) is 0 Å². The topological polar surface area (TPSA) is 80.4 Å². The monoisotopic (exact) mass is 438 g/mol. The molecule has 0 aliphatic heterocycles. The summed E-state index contributed by atoms with van der Waals surface area (Å²) in [5.41, 5.74) is -1.81. The number of amides is 1. The van der Waals surface area contributed by atoms with Crippen LogP contribution in [0.3, 0.4) is 0 Å². The molecule has 0 spiro atoms. The molecule has 6 nitrogen and oxygen atoms in total. The van der Waals surface area contributed by atoms with Crippen molar-refractivity contribution in [1.29, 1.82) is 0 Å². The highest BCUT2D eigenvalue weighted by Gasteiger charge is 2.32. The minimum Gasteiger partial charge on any atom is -0.497 e. The van der Waals surface area contributed by atoms with Gasteiger partial charge in [-0.1, -0.05) is 11.6 Å². The van der Waals surface area contributed by atoms with Crippen molar-refractivity contribution in [1.82, 2.24) is 4.98 Å². The lowest BCUT2D eigenvalue weighted by Gasteiger charge is -2.15. The number of halogens is 4. The van der Waals surface area contributed by atoms with Crippen molar-refractivity contribution in [3.8, 4) is 17.2 Å². The van der Waals surface area contributed by atoms with E-state index in [4.69, 9.17) is 21.1 Å². The van der Waals surface area contributed by atoms with Crippen molar-refractivity contribution >= 4 is 23.2 Å². The number of aromatic amines is 1. The lowest BCUT2D eigenvalue weighted by molar-refractivity contribution is -0.137. The van der Waals surface area contributed by atoms with Crippen molar-refractivity contribution in [2.24, 2.45) is 0 Å². The summed E-state index contributed by atoms with van der Waals surface area (Å²) in [5.74, 6) is -0.488. The quantitative estimate of drug-likeness (QED) is 0.580. The smallest absolute Gasteiger partial charge is 0.416 e. The molecule has 0 aliphatic rings. The average molecular weight is 439 g/mol. The lowest BCUT2D eigenvalue weighted by atomic mass is 10.1. The molecule has 2 aromatic carbocycles. The fourth-order valence-electron chi connectivity index (χ4n) is 2.50. The fourth-order valence-corrected chi connectivity index (χ4v) is 2.71. The molecule has 10 heteroatoms.